The van der Waals surface area contributed by atoms with Gasteiger partial charge < -0.3 is 5.11 Å². The molecular formula is C21H32O4. The number of ketones is 1. The Kier molecular flexibility index (Phi) is 4.17. The van der Waals surface area contributed by atoms with Crippen molar-refractivity contribution < 1.29 is 20.0 Å². The maximum Gasteiger partial charge on any atom is 0.133 e. The Labute approximate surface area is 150 Å². The summed E-state index contributed by atoms with van der Waals surface area (Å²) in [5, 5.41) is 19.8. The van der Waals surface area contributed by atoms with Gasteiger partial charge in [-0.2, -0.15) is 0 Å². The molecule has 3 fully saturated rings. The van der Waals surface area contributed by atoms with E-state index in [1.165, 1.54) is 5.57 Å². The van der Waals surface area contributed by atoms with Crippen LogP contribution >= 0.6 is 0 Å². The normalized spacial score (nSPS) is 52.0. The van der Waals surface area contributed by atoms with Crippen molar-refractivity contribution in [3.05, 3.63) is 11.6 Å². The second kappa shape index (κ2) is 5.90. The fourth-order valence-electron chi connectivity index (χ4n) is 7.50. The smallest absolute Gasteiger partial charge is 0.133 e. The Morgan fingerprint density at radius 1 is 1.24 bits per heavy atom. The Morgan fingerprint density at radius 2 is 2.00 bits per heavy atom. The lowest BCUT2D eigenvalue weighted by atomic mass is 9.46. The van der Waals surface area contributed by atoms with Crippen molar-refractivity contribution in [2.45, 2.75) is 77.9 Å². The second-order valence-electron chi connectivity index (χ2n) is 9.60. The molecule has 4 unspecified atom stereocenters. The van der Waals surface area contributed by atoms with Crippen LogP contribution < -0.4 is 0 Å². The Bertz CT molecular complexity index is 599. The number of aliphatic hydroxyl groups excluding tert-OH is 1. The molecule has 0 heterocycles. The van der Waals surface area contributed by atoms with Crippen LogP contribution in [-0.4, -0.2) is 28.4 Å². The predicted molar refractivity (Wildman–Crippen MR) is 94.8 cm³/mol. The highest BCUT2D eigenvalue weighted by Crippen LogP contribution is 2.66. The van der Waals surface area contributed by atoms with Gasteiger partial charge in [0, 0.05) is 17.8 Å². The minimum Gasteiger partial charge on any atom is -0.393 e. The summed E-state index contributed by atoms with van der Waals surface area (Å²) in [7, 11) is 0. The van der Waals surface area contributed by atoms with Gasteiger partial charge in [0.2, 0.25) is 0 Å². The third-order valence-electron chi connectivity index (χ3n) is 8.76. The Hall–Kier alpha value is -0.710. The van der Waals surface area contributed by atoms with E-state index in [0.29, 0.717) is 36.4 Å². The molecule has 0 aromatic carbocycles. The van der Waals surface area contributed by atoms with Gasteiger partial charge in [0.15, 0.2) is 0 Å². The minimum atomic E-state index is -0.421. The first-order valence-corrected chi connectivity index (χ1v) is 10.0. The molecule has 0 aliphatic heterocycles. The van der Waals surface area contributed by atoms with E-state index in [9.17, 15) is 15.2 Å². The number of fused-ring (bicyclic) bond motifs is 5. The van der Waals surface area contributed by atoms with Gasteiger partial charge in [0.05, 0.1) is 6.10 Å². The molecule has 4 aliphatic carbocycles. The van der Waals surface area contributed by atoms with Gasteiger partial charge in [-0.05, 0) is 68.6 Å². The molecule has 2 N–H and O–H groups in total. The molecule has 4 rings (SSSR count). The SMILES string of the molecule is CC(=O)[C@H]1CCC2C3CC=C4C[C@H](O)CC(OO)[C@]4(C)C3CC[C@@]21C. The van der Waals surface area contributed by atoms with Gasteiger partial charge >= 0.3 is 0 Å². The average Bonchev–Trinajstić information content (AvgIpc) is 2.92. The molecule has 0 aromatic heterocycles. The van der Waals surface area contributed by atoms with E-state index in [1.54, 1.807) is 6.92 Å². The van der Waals surface area contributed by atoms with Gasteiger partial charge in [0.25, 0.3) is 0 Å². The molecule has 0 amide bonds. The monoisotopic (exact) mass is 348 g/mol. The van der Waals surface area contributed by atoms with Crippen molar-refractivity contribution >= 4 is 5.78 Å². The summed E-state index contributed by atoms with van der Waals surface area (Å²) in [5.74, 6) is 2.19. The average molecular weight is 348 g/mol. The van der Waals surface area contributed by atoms with Gasteiger partial charge in [-0.25, -0.2) is 4.89 Å². The van der Waals surface area contributed by atoms with Crippen molar-refractivity contribution in [2.75, 3.05) is 0 Å². The van der Waals surface area contributed by atoms with Crippen LogP contribution in [0, 0.1) is 34.5 Å². The molecule has 4 nitrogen and oxygen atoms in total. The van der Waals surface area contributed by atoms with Crippen LogP contribution in [0.2, 0.25) is 0 Å². The first-order valence-electron chi connectivity index (χ1n) is 10.0. The minimum absolute atomic E-state index is 0.137. The van der Waals surface area contributed by atoms with Crippen molar-refractivity contribution in [1.29, 1.82) is 0 Å². The number of rotatable bonds is 2. The van der Waals surface area contributed by atoms with E-state index in [2.05, 4.69) is 19.9 Å². The number of hydrogen-bond acceptors (Lipinski definition) is 4. The lowest BCUT2D eigenvalue weighted by Gasteiger charge is -2.59. The van der Waals surface area contributed by atoms with Gasteiger partial charge in [-0.15, -0.1) is 0 Å². The summed E-state index contributed by atoms with van der Waals surface area (Å²) in [6.45, 7) is 6.35. The molecule has 4 aliphatic rings. The van der Waals surface area contributed by atoms with E-state index in [1.807, 2.05) is 0 Å². The fraction of sp³-hybridized carbons (Fsp3) is 0.857. The number of carbonyl (C=O) groups excluding carboxylic acids is 1. The van der Waals surface area contributed by atoms with Crippen LogP contribution in [0.15, 0.2) is 11.6 Å². The quantitative estimate of drug-likeness (QED) is 0.450. The van der Waals surface area contributed by atoms with Crippen LogP contribution in [0.1, 0.15) is 65.7 Å². The van der Waals surface area contributed by atoms with E-state index in [0.717, 1.165) is 32.1 Å². The summed E-state index contributed by atoms with van der Waals surface area (Å²) in [4.78, 5) is 17.1. The molecule has 4 heteroatoms. The first-order chi connectivity index (χ1) is 11.8. The second-order valence-corrected chi connectivity index (χ2v) is 9.60. The zero-order chi connectivity index (χ0) is 18.0. The number of aliphatic hydroxyl groups is 1. The van der Waals surface area contributed by atoms with E-state index < -0.39 is 6.10 Å². The van der Waals surface area contributed by atoms with Gasteiger partial charge in [-0.3, -0.25) is 10.1 Å². The highest BCUT2D eigenvalue weighted by molar-refractivity contribution is 5.79. The molecule has 0 spiro atoms. The Balaban J connectivity index is 1.70. The molecule has 0 radical (unpaired) electrons. The number of allylic oxidation sites excluding steroid dienone is 1. The summed E-state index contributed by atoms with van der Waals surface area (Å²) in [6.07, 6.45) is 8.19. The molecule has 0 aromatic rings. The third-order valence-corrected chi connectivity index (χ3v) is 8.76. The maximum atomic E-state index is 12.2. The van der Waals surface area contributed by atoms with E-state index in [4.69, 9.17) is 4.89 Å². The Morgan fingerprint density at radius 3 is 2.68 bits per heavy atom. The fourth-order valence-corrected chi connectivity index (χ4v) is 7.50. The van der Waals surface area contributed by atoms with Crippen LogP contribution in [0.5, 0.6) is 0 Å². The van der Waals surface area contributed by atoms with Crippen molar-refractivity contribution in [3.63, 3.8) is 0 Å². The van der Waals surface area contributed by atoms with Crippen LogP contribution in [-0.2, 0) is 9.68 Å². The molecule has 0 saturated heterocycles. The van der Waals surface area contributed by atoms with E-state index in [-0.39, 0.29) is 22.9 Å². The van der Waals surface area contributed by atoms with Crippen molar-refractivity contribution in [3.8, 4) is 0 Å². The van der Waals surface area contributed by atoms with Crippen LogP contribution in [0.4, 0.5) is 0 Å². The summed E-state index contributed by atoms with van der Waals surface area (Å²) >= 11 is 0. The van der Waals surface area contributed by atoms with E-state index >= 15 is 0 Å². The van der Waals surface area contributed by atoms with Crippen molar-refractivity contribution in [2.24, 2.45) is 34.5 Å². The third kappa shape index (κ3) is 2.33. The summed E-state index contributed by atoms with van der Waals surface area (Å²) in [6, 6.07) is 0. The summed E-state index contributed by atoms with van der Waals surface area (Å²) < 4.78 is 0. The predicted octanol–water partition coefficient (Wildman–Crippen LogP) is 3.98. The van der Waals surface area contributed by atoms with Gasteiger partial charge in [0.1, 0.15) is 11.9 Å². The number of Topliss-reactive ketones (excluding diaryl/α,β-unsaturated/α-hetero) is 1. The zero-order valence-corrected chi connectivity index (χ0v) is 15.7. The van der Waals surface area contributed by atoms with Crippen LogP contribution in [0.3, 0.4) is 0 Å². The molecule has 3 saturated carbocycles. The molecule has 0 bridgehead atoms. The topological polar surface area (TPSA) is 66.8 Å². The molecular weight excluding hydrogens is 316 g/mol. The van der Waals surface area contributed by atoms with Crippen LogP contribution in [0.25, 0.3) is 0 Å². The highest BCUT2D eigenvalue weighted by atomic mass is 17.1. The molecule has 140 valence electrons. The summed E-state index contributed by atoms with van der Waals surface area (Å²) in [5.41, 5.74) is 1.22. The number of hydrogen-bond donors (Lipinski definition) is 2. The first kappa shape index (κ1) is 17.7. The highest BCUT2D eigenvalue weighted by Gasteiger charge is 2.61. The molecule has 8 atom stereocenters. The standard InChI is InChI=1S/C21H32O4/c1-12(22)16-6-7-17-15-5-4-13-10-14(23)11-19(25-24)21(13,3)18(15)8-9-20(16,17)2/h4,14-19,23-24H,5-11H2,1-3H3/t14-,15?,16+,17?,18?,19?,20+,21-/m0/s1. The zero-order valence-electron chi connectivity index (χ0n) is 15.7. The van der Waals surface area contributed by atoms with Crippen molar-refractivity contribution in [1.82, 2.24) is 0 Å². The lowest BCUT2D eigenvalue weighted by Crippen LogP contribution is -2.56. The largest absolute Gasteiger partial charge is 0.393 e. The number of carbonyl (C=O) groups is 1. The molecule has 25 heavy (non-hydrogen) atoms. The lowest BCUT2D eigenvalue weighted by molar-refractivity contribution is -0.317. The van der Waals surface area contributed by atoms with Gasteiger partial charge in [-0.1, -0.05) is 25.5 Å². The maximum absolute atomic E-state index is 12.2.